The SMILES string of the molecule is CSCCCCCNC(=O)c1ccc2c(c1)CCCN2. The van der Waals surface area contributed by atoms with Gasteiger partial charge in [0.2, 0.25) is 0 Å². The number of carbonyl (C=O) groups is 1. The summed E-state index contributed by atoms with van der Waals surface area (Å²) in [7, 11) is 0. The van der Waals surface area contributed by atoms with Gasteiger partial charge in [-0.2, -0.15) is 11.8 Å². The molecule has 3 nitrogen and oxygen atoms in total. The highest BCUT2D eigenvalue weighted by molar-refractivity contribution is 7.98. The zero-order valence-electron chi connectivity index (χ0n) is 12.2. The molecule has 0 unspecified atom stereocenters. The van der Waals surface area contributed by atoms with E-state index in [9.17, 15) is 4.79 Å². The second-order valence-corrected chi connectivity index (χ2v) is 6.20. The molecule has 0 aromatic heterocycles. The molecule has 1 aromatic carbocycles. The normalized spacial score (nSPS) is 13.4. The molecule has 110 valence electrons. The minimum Gasteiger partial charge on any atom is -0.385 e. The highest BCUT2D eigenvalue weighted by Gasteiger charge is 2.11. The number of hydrogen-bond donors (Lipinski definition) is 2. The van der Waals surface area contributed by atoms with Crippen LogP contribution in [0.25, 0.3) is 0 Å². The summed E-state index contributed by atoms with van der Waals surface area (Å²) in [5.41, 5.74) is 3.24. The summed E-state index contributed by atoms with van der Waals surface area (Å²) in [6.45, 7) is 1.82. The lowest BCUT2D eigenvalue weighted by molar-refractivity contribution is 0.0953. The van der Waals surface area contributed by atoms with E-state index < -0.39 is 0 Å². The Kier molecular flexibility index (Phi) is 6.25. The number of hydrogen-bond acceptors (Lipinski definition) is 3. The Hall–Kier alpha value is -1.16. The van der Waals surface area contributed by atoms with Crippen molar-refractivity contribution < 1.29 is 4.79 Å². The summed E-state index contributed by atoms with van der Waals surface area (Å²) in [4.78, 5) is 12.1. The van der Waals surface area contributed by atoms with Crippen LogP contribution >= 0.6 is 11.8 Å². The van der Waals surface area contributed by atoms with Crippen LogP contribution in [-0.2, 0) is 6.42 Å². The largest absolute Gasteiger partial charge is 0.385 e. The number of amides is 1. The van der Waals surface area contributed by atoms with Gasteiger partial charge in [-0.15, -0.1) is 0 Å². The van der Waals surface area contributed by atoms with Crippen LogP contribution in [0.4, 0.5) is 5.69 Å². The van der Waals surface area contributed by atoms with E-state index in [-0.39, 0.29) is 5.91 Å². The van der Waals surface area contributed by atoms with Gasteiger partial charge >= 0.3 is 0 Å². The number of fused-ring (bicyclic) bond motifs is 1. The maximum Gasteiger partial charge on any atom is 0.251 e. The number of rotatable bonds is 7. The molecule has 1 aromatic rings. The number of anilines is 1. The van der Waals surface area contributed by atoms with E-state index in [0.717, 1.165) is 37.9 Å². The molecule has 1 amide bonds. The molecule has 4 heteroatoms. The summed E-state index contributed by atoms with van der Waals surface area (Å²) in [6.07, 6.45) is 7.84. The first-order chi connectivity index (χ1) is 9.81. The maximum absolute atomic E-state index is 12.1. The second kappa shape index (κ2) is 8.20. The summed E-state index contributed by atoms with van der Waals surface area (Å²) in [6, 6.07) is 5.98. The van der Waals surface area contributed by atoms with Crippen LogP contribution in [0.3, 0.4) is 0 Å². The molecule has 20 heavy (non-hydrogen) atoms. The molecular formula is C16H24N2OS. The number of nitrogens with one attached hydrogen (secondary N) is 2. The van der Waals surface area contributed by atoms with E-state index in [2.05, 4.69) is 16.9 Å². The van der Waals surface area contributed by atoms with Gasteiger partial charge in [0.05, 0.1) is 0 Å². The van der Waals surface area contributed by atoms with Gasteiger partial charge in [0.25, 0.3) is 5.91 Å². The van der Waals surface area contributed by atoms with Crippen LogP contribution in [0.1, 0.15) is 41.6 Å². The molecule has 0 radical (unpaired) electrons. The van der Waals surface area contributed by atoms with Gasteiger partial charge in [-0.3, -0.25) is 4.79 Å². The van der Waals surface area contributed by atoms with Crippen molar-refractivity contribution in [3.8, 4) is 0 Å². The number of aryl methyl sites for hydroxylation is 1. The second-order valence-electron chi connectivity index (χ2n) is 5.21. The molecule has 2 rings (SSSR count). The molecule has 0 aliphatic carbocycles. The number of thioether (sulfide) groups is 1. The van der Waals surface area contributed by atoms with Gasteiger partial charge in [-0.05, 0) is 61.5 Å². The predicted molar refractivity (Wildman–Crippen MR) is 87.8 cm³/mol. The number of unbranched alkanes of at least 4 members (excludes halogenated alkanes) is 2. The minimum absolute atomic E-state index is 0.0586. The Labute approximate surface area is 125 Å². The van der Waals surface area contributed by atoms with Crippen LogP contribution in [0, 0.1) is 0 Å². The van der Waals surface area contributed by atoms with Crippen LogP contribution in [0.5, 0.6) is 0 Å². The van der Waals surface area contributed by atoms with Crippen LogP contribution in [-0.4, -0.2) is 31.0 Å². The summed E-state index contributed by atoms with van der Waals surface area (Å²) in [5.74, 6) is 1.27. The van der Waals surface area contributed by atoms with E-state index in [1.165, 1.54) is 29.8 Å². The molecule has 0 spiro atoms. The molecule has 1 heterocycles. The summed E-state index contributed by atoms with van der Waals surface area (Å²) >= 11 is 1.88. The Bertz CT molecular complexity index is 448. The lowest BCUT2D eigenvalue weighted by Crippen LogP contribution is -2.25. The van der Waals surface area contributed by atoms with E-state index in [1.807, 2.05) is 30.0 Å². The monoisotopic (exact) mass is 292 g/mol. The van der Waals surface area contributed by atoms with Crippen molar-refractivity contribution in [1.29, 1.82) is 0 Å². The standard InChI is InChI=1S/C16H24N2OS/c1-20-11-4-2-3-9-18-16(19)14-7-8-15-13(12-14)6-5-10-17-15/h7-8,12,17H,2-6,9-11H2,1H3,(H,18,19). The van der Waals surface area contributed by atoms with Crippen molar-refractivity contribution >= 4 is 23.4 Å². The highest BCUT2D eigenvalue weighted by atomic mass is 32.2. The van der Waals surface area contributed by atoms with Crippen molar-refractivity contribution in [2.75, 3.05) is 30.4 Å². The Balaban J connectivity index is 1.77. The third-order valence-corrected chi connectivity index (χ3v) is 4.31. The molecule has 0 atom stereocenters. The Morgan fingerprint density at radius 1 is 1.35 bits per heavy atom. The first kappa shape index (κ1) is 15.2. The first-order valence-electron chi connectivity index (χ1n) is 7.45. The lowest BCUT2D eigenvalue weighted by Gasteiger charge is -2.18. The van der Waals surface area contributed by atoms with E-state index in [0.29, 0.717) is 0 Å². The van der Waals surface area contributed by atoms with Crippen molar-refractivity contribution in [1.82, 2.24) is 5.32 Å². The third-order valence-electron chi connectivity index (χ3n) is 3.62. The smallest absolute Gasteiger partial charge is 0.251 e. The van der Waals surface area contributed by atoms with E-state index in [4.69, 9.17) is 0 Å². The Morgan fingerprint density at radius 2 is 2.25 bits per heavy atom. The predicted octanol–water partition coefficient (Wildman–Crippen LogP) is 3.31. The summed E-state index contributed by atoms with van der Waals surface area (Å²) in [5, 5.41) is 6.38. The molecule has 0 bridgehead atoms. The fourth-order valence-corrected chi connectivity index (χ4v) is 2.96. The van der Waals surface area contributed by atoms with Gasteiger partial charge in [0, 0.05) is 24.3 Å². The van der Waals surface area contributed by atoms with E-state index in [1.54, 1.807) is 0 Å². The molecular weight excluding hydrogens is 268 g/mol. The quantitative estimate of drug-likeness (QED) is 0.758. The summed E-state index contributed by atoms with van der Waals surface area (Å²) < 4.78 is 0. The zero-order valence-corrected chi connectivity index (χ0v) is 13.0. The molecule has 0 fully saturated rings. The fourth-order valence-electron chi connectivity index (χ4n) is 2.47. The molecule has 1 aliphatic heterocycles. The number of benzene rings is 1. The molecule has 0 saturated heterocycles. The van der Waals surface area contributed by atoms with Gasteiger partial charge < -0.3 is 10.6 Å². The van der Waals surface area contributed by atoms with Crippen LogP contribution in [0.15, 0.2) is 18.2 Å². The zero-order chi connectivity index (χ0) is 14.2. The topological polar surface area (TPSA) is 41.1 Å². The van der Waals surface area contributed by atoms with Crippen molar-refractivity contribution in [3.05, 3.63) is 29.3 Å². The maximum atomic E-state index is 12.1. The van der Waals surface area contributed by atoms with Crippen LogP contribution < -0.4 is 10.6 Å². The lowest BCUT2D eigenvalue weighted by atomic mass is 10.0. The number of carbonyl (C=O) groups excluding carboxylic acids is 1. The van der Waals surface area contributed by atoms with Gasteiger partial charge in [-0.1, -0.05) is 6.42 Å². The van der Waals surface area contributed by atoms with E-state index >= 15 is 0 Å². The van der Waals surface area contributed by atoms with Crippen molar-refractivity contribution in [3.63, 3.8) is 0 Å². The Morgan fingerprint density at radius 3 is 3.10 bits per heavy atom. The van der Waals surface area contributed by atoms with Crippen LogP contribution in [0.2, 0.25) is 0 Å². The highest BCUT2D eigenvalue weighted by Crippen LogP contribution is 2.22. The first-order valence-corrected chi connectivity index (χ1v) is 8.84. The molecule has 1 aliphatic rings. The van der Waals surface area contributed by atoms with Crippen molar-refractivity contribution in [2.45, 2.75) is 32.1 Å². The molecule has 0 saturated carbocycles. The third kappa shape index (κ3) is 4.44. The van der Waals surface area contributed by atoms with Gasteiger partial charge in [-0.25, -0.2) is 0 Å². The van der Waals surface area contributed by atoms with Gasteiger partial charge in [0.15, 0.2) is 0 Å². The average Bonchev–Trinajstić information content (AvgIpc) is 2.50. The molecule has 2 N–H and O–H groups in total. The fraction of sp³-hybridized carbons (Fsp3) is 0.562. The minimum atomic E-state index is 0.0586. The van der Waals surface area contributed by atoms with Gasteiger partial charge in [0.1, 0.15) is 0 Å². The average molecular weight is 292 g/mol. The van der Waals surface area contributed by atoms with Crippen molar-refractivity contribution in [2.24, 2.45) is 0 Å².